The number of nitrogens with zero attached hydrogens (tertiary/aromatic N) is 1. The SMILES string of the molecule is CCCN(CCC)c1ccc(CC(C)N)c(C(F)(F)F)c1. The van der Waals surface area contributed by atoms with Crippen molar-refractivity contribution >= 4 is 5.69 Å². The van der Waals surface area contributed by atoms with Gasteiger partial charge < -0.3 is 10.6 Å². The minimum absolute atomic E-state index is 0.233. The molecule has 0 aliphatic carbocycles. The smallest absolute Gasteiger partial charge is 0.372 e. The monoisotopic (exact) mass is 302 g/mol. The minimum atomic E-state index is -4.34. The first-order valence-electron chi connectivity index (χ1n) is 7.50. The Kier molecular flexibility index (Phi) is 6.52. The molecule has 120 valence electrons. The molecule has 0 bridgehead atoms. The zero-order chi connectivity index (χ0) is 16.0. The summed E-state index contributed by atoms with van der Waals surface area (Å²) in [6.07, 6.45) is -2.30. The lowest BCUT2D eigenvalue weighted by molar-refractivity contribution is -0.138. The molecule has 0 saturated heterocycles. The Labute approximate surface area is 125 Å². The highest BCUT2D eigenvalue weighted by Crippen LogP contribution is 2.35. The third-order valence-electron chi connectivity index (χ3n) is 3.29. The van der Waals surface area contributed by atoms with E-state index in [1.807, 2.05) is 18.7 Å². The largest absolute Gasteiger partial charge is 0.416 e. The number of halogens is 3. The van der Waals surface area contributed by atoms with Gasteiger partial charge in [-0.05, 0) is 43.9 Å². The first kappa shape index (κ1) is 17.8. The zero-order valence-corrected chi connectivity index (χ0v) is 13.0. The van der Waals surface area contributed by atoms with E-state index in [1.165, 1.54) is 6.07 Å². The van der Waals surface area contributed by atoms with Crippen LogP contribution in [0.5, 0.6) is 0 Å². The van der Waals surface area contributed by atoms with E-state index in [2.05, 4.69) is 0 Å². The van der Waals surface area contributed by atoms with Gasteiger partial charge in [0, 0.05) is 24.8 Å². The molecular weight excluding hydrogens is 277 g/mol. The second-order valence-corrected chi connectivity index (χ2v) is 5.51. The molecule has 1 unspecified atom stereocenters. The third kappa shape index (κ3) is 5.23. The van der Waals surface area contributed by atoms with Crippen LogP contribution in [-0.2, 0) is 12.6 Å². The molecule has 1 atom stereocenters. The third-order valence-corrected chi connectivity index (χ3v) is 3.29. The van der Waals surface area contributed by atoms with Crippen molar-refractivity contribution in [3.05, 3.63) is 29.3 Å². The van der Waals surface area contributed by atoms with Gasteiger partial charge >= 0.3 is 6.18 Å². The van der Waals surface area contributed by atoms with Crippen molar-refractivity contribution in [2.45, 2.75) is 52.3 Å². The Morgan fingerprint density at radius 3 is 2.14 bits per heavy atom. The summed E-state index contributed by atoms with van der Waals surface area (Å²) in [6.45, 7) is 7.29. The Morgan fingerprint density at radius 2 is 1.71 bits per heavy atom. The molecule has 0 amide bonds. The van der Waals surface area contributed by atoms with Crippen molar-refractivity contribution in [3.8, 4) is 0 Å². The van der Waals surface area contributed by atoms with Gasteiger partial charge in [0.25, 0.3) is 0 Å². The molecular formula is C16H25F3N2. The number of nitrogens with two attached hydrogens (primary N) is 1. The summed E-state index contributed by atoms with van der Waals surface area (Å²) in [5, 5.41) is 0. The lowest BCUT2D eigenvalue weighted by Gasteiger charge is -2.26. The predicted octanol–water partition coefficient (Wildman–Crippen LogP) is 4.22. The summed E-state index contributed by atoms with van der Waals surface area (Å²) >= 11 is 0. The maximum Gasteiger partial charge on any atom is 0.416 e. The van der Waals surface area contributed by atoms with Crippen LogP contribution in [0, 0.1) is 0 Å². The number of hydrogen-bond acceptors (Lipinski definition) is 2. The molecule has 0 aliphatic rings. The average Bonchev–Trinajstić information content (AvgIpc) is 2.37. The number of hydrogen-bond donors (Lipinski definition) is 1. The molecule has 21 heavy (non-hydrogen) atoms. The van der Waals surface area contributed by atoms with Gasteiger partial charge in [0.15, 0.2) is 0 Å². The molecule has 1 aromatic rings. The van der Waals surface area contributed by atoms with Crippen LogP contribution in [0.2, 0.25) is 0 Å². The molecule has 0 heterocycles. The fourth-order valence-electron chi connectivity index (χ4n) is 2.46. The van der Waals surface area contributed by atoms with E-state index in [9.17, 15) is 13.2 Å². The van der Waals surface area contributed by atoms with E-state index in [0.717, 1.165) is 25.9 Å². The summed E-state index contributed by atoms with van der Waals surface area (Å²) in [7, 11) is 0. The van der Waals surface area contributed by atoms with E-state index >= 15 is 0 Å². The molecule has 0 aromatic heterocycles. The second-order valence-electron chi connectivity index (χ2n) is 5.51. The van der Waals surface area contributed by atoms with Crippen LogP contribution in [0.1, 0.15) is 44.7 Å². The van der Waals surface area contributed by atoms with Crippen molar-refractivity contribution in [2.24, 2.45) is 5.73 Å². The van der Waals surface area contributed by atoms with Crippen molar-refractivity contribution in [3.63, 3.8) is 0 Å². The molecule has 0 radical (unpaired) electrons. The normalized spacial score (nSPS) is 13.3. The van der Waals surface area contributed by atoms with Gasteiger partial charge in [-0.25, -0.2) is 0 Å². The lowest BCUT2D eigenvalue weighted by Crippen LogP contribution is -2.26. The van der Waals surface area contributed by atoms with Crippen LogP contribution in [0.15, 0.2) is 18.2 Å². The van der Waals surface area contributed by atoms with Crippen LogP contribution in [0.25, 0.3) is 0 Å². The molecule has 0 saturated carbocycles. The number of alkyl halides is 3. The molecule has 1 rings (SSSR count). The van der Waals surface area contributed by atoms with Gasteiger partial charge in [0.2, 0.25) is 0 Å². The Bertz CT molecular complexity index is 436. The molecule has 1 aromatic carbocycles. The van der Waals surface area contributed by atoms with Crippen LogP contribution >= 0.6 is 0 Å². The van der Waals surface area contributed by atoms with Gasteiger partial charge in [-0.1, -0.05) is 19.9 Å². The van der Waals surface area contributed by atoms with Crippen LogP contribution in [0.4, 0.5) is 18.9 Å². The molecule has 0 aliphatic heterocycles. The number of benzene rings is 1. The predicted molar refractivity (Wildman–Crippen MR) is 81.6 cm³/mol. The summed E-state index contributed by atoms with van der Waals surface area (Å²) in [4.78, 5) is 2.00. The van der Waals surface area contributed by atoms with Gasteiger partial charge in [-0.3, -0.25) is 0 Å². The molecule has 5 heteroatoms. The van der Waals surface area contributed by atoms with E-state index in [1.54, 1.807) is 19.1 Å². The Hall–Kier alpha value is -1.23. The number of rotatable bonds is 7. The van der Waals surface area contributed by atoms with E-state index < -0.39 is 11.7 Å². The Balaban J connectivity index is 3.19. The standard InChI is InChI=1S/C16H25F3N2/c1-4-8-21(9-5-2)14-7-6-13(10-12(3)20)15(11-14)16(17,18)19/h6-7,11-12H,4-5,8-10,20H2,1-3H3. The van der Waals surface area contributed by atoms with Gasteiger partial charge in [-0.15, -0.1) is 0 Å². The minimum Gasteiger partial charge on any atom is -0.372 e. The van der Waals surface area contributed by atoms with Gasteiger partial charge in [0.1, 0.15) is 0 Å². The highest BCUT2D eigenvalue weighted by Gasteiger charge is 2.34. The summed E-state index contributed by atoms with van der Waals surface area (Å²) in [5.74, 6) is 0. The van der Waals surface area contributed by atoms with Crippen molar-refractivity contribution in [2.75, 3.05) is 18.0 Å². The molecule has 0 spiro atoms. The molecule has 2 nitrogen and oxygen atoms in total. The topological polar surface area (TPSA) is 29.3 Å². The van der Waals surface area contributed by atoms with Crippen molar-refractivity contribution in [1.82, 2.24) is 0 Å². The maximum absolute atomic E-state index is 13.3. The maximum atomic E-state index is 13.3. The second kappa shape index (κ2) is 7.69. The quantitative estimate of drug-likeness (QED) is 0.817. The summed E-state index contributed by atoms with van der Waals surface area (Å²) in [5.41, 5.74) is 6.00. The number of anilines is 1. The van der Waals surface area contributed by atoms with E-state index in [4.69, 9.17) is 5.73 Å². The van der Waals surface area contributed by atoms with Crippen molar-refractivity contribution in [1.29, 1.82) is 0 Å². The highest BCUT2D eigenvalue weighted by molar-refractivity contribution is 5.52. The first-order chi connectivity index (χ1) is 9.79. The summed E-state index contributed by atoms with van der Waals surface area (Å²) < 4.78 is 39.8. The first-order valence-corrected chi connectivity index (χ1v) is 7.50. The Morgan fingerprint density at radius 1 is 1.14 bits per heavy atom. The van der Waals surface area contributed by atoms with E-state index in [0.29, 0.717) is 5.69 Å². The average molecular weight is 302 g/mol. The fourth-order valence-corrected chi connectivity index (χ4v) is 2.46. The van der Waals surface area contributed by atoms with Crippen LogP contribution in [-0.4, -0.2) is 19.1 Å². The van der Waals surface area contributed by atoms with Gasteiger partial charge in [0.05, 0.1) is 5.56 Å². The van der Waals surface area contributed by atoms with Crippen molar-refractivity contribution < 1.29 is 13.2 Å². The lowest BCUT2D eigenvalue weighted by atomic mass is 9.99. The van der Waals surface area contributed by atoms with Crippen LogP contribution < -0.4 is 10.6 Å². The van der Waals surface area contributed by atoms with E-state index in [-0.39, 0.29) is 18.0 Å². The summed E-state index contributed by atoms with van der Waals surface area (Å²) in [6, 6.07) is 4.32. The zero-order valence-electron chi connectivity index (χ0n) is 13.0. The fraction of sp³-hybridized carbons (Fsp3) is 0.625. The van der Waals surface area contributed by atoms with Gasteiger partial charge in [-0.2, -0.15) is 13.2 Å². The molecule has 0 fully saturated rings. The molecule has 2 N–H and O–H groups in total. The van der Waals surface area contributed by atoms with Crippen LogP contribution in [0.3, 0.4) is 0 Å². The highest BCUT2D eigenvalue weighted by atomic mass is 19.4.